The quantitative estimate of drug-likeness (QED) is 0.662. The van der Waals surface area contributed by atoms with Gasteiger partial charge in [0.25, 0.3) is 0 Å². The lowest BCUT2D eigenvalue weighted by atomic mass is 10.1. The zero-order valence-corrected chi connectivity index (χ0v) is 15.2. The van der Waals surface area contributed by atoms with Crippen molar-refractivity contribution in [3.05, 3.63) is 24.3 Å². The van der Waals surface area contributed by atoms with E-state index in [-0.39, 0.29) is 31.1 Å². The van der Waals surface area contributed by atoms with Gasteiger partial charge in [0, 0.05) is 32.6 Å². The average Bonchev–Trinajstić information content (AvgIpc) is 2.65. The number of rotatable bonds is 7. The first-order valence-corrected chi connectivity index (χ1v) is 8.72. The van der Waals surface area contributed by atoms with Gasteiger partial charge in [0.2, 0.25) is 5.91 Å². The Hall–Kier alpha value is -2.48. The average molecular weight is 365 g/mol. The van der Waals surface area contributed by atoms with Gasteiger partial charge in [-0.1, -0.05) is 0 Å². The van der Waals surface area contributed by atoms with E-state index in [1.807, 2.05) is 0 Å². The lowest BCUT2D eigenvalue weighted by Gasteiger charge is -2.31. The van der Waals surface area contributed by atoms with Crippen LogP contribution in [0.2, 0.25) is 0 Å². The highest BCUT2D eigenvalue weighted by atomic mass is 16.5. The number of benzene rings is 1. The summed E-state index contributed by atoms with van der Waals surface area (Å²) in [6.45, 7) is 3.02. The molecule has 144 valence electrons. The van der Waals surface area contributed by atoms with Crippen LogP contribution >= 0.6 is 0 Å². The standard InChI is InChI=1S/C18H27N3O5/c1-13(22)21-9-7-14(8-10-21)20-18(24)19-11-15(23)12-26-17-5-3-16(25-2)4-6-17/h3-6,14-15,23H,7-12H2,1-2H3,(H2,19,20,24)/t15-/m0/s1. The van der Waals surface area contributed by atoms with Gasteiger partial charge in [-0.2, -0.15) is 0 Å². The van der Waals surface area contributed by atoms with Crippen LogP contribution in [0.15, 0.2) is 24.3 Å². The Balaban J connectivity index is 1.61. The normalized spacial score (nSPS) is 15.9. The van der Waals surface area contributed by atoms with Crippen LogP contribution in [0.1, 0.15) is 19.8 Å². The Morgan fingerprint density at radius 1 is 1.23 bits per heavy atom. The number of likely N-dealkylation sites (tertiary alicyclic amines) is 1. The molecule has 1 fully saturated rings. The fraction of sp³-hybridized carbons (Fsp3) is 0.556. The summed E-state index contributed by atoms with van der Waals surface area (Å²) in [6.07, 6.45) is 0.647. The van der Waals surface area contributed by atoms with Gasteiger partial charge >= 0.3 is 6.03 Å². The minimum absolute atomic E-state index is 0.0401. The first-order chi connectivity index (χ1) is 12.5. The number of nitrogens with one attached hydrogen (secondary N) is 2. The molecule has 0 aliphatic carbocycles. The zero-order valence-electron chi connectivity index (χ0n) is 15.2. The van der Waals surface area contributed by atoms with Crippen LogP contribution in [-0.4, -0.2) is 67.4 Å². The third-order valence-electron chi connectivity index (χ3n) is 4.28. The topological polar surface area (TPSA) is 100 Å². The Morgan fingerprint density at radius 2 is 1.85 bits per heavy atom. The van der Waals surface area contributed by atoms with Crippen LogP contribution in [0.5, 0.6) is 11.5 Å². The van der Waals surface area contributed by atoms with Gasteiger partial charge in [0.1, 0.15) is 24.2 Å². The number of carbonyl (C=O) groups excluding carboxylic acids is 2. The molecule has 1 aromatic rings. The van der Waals surface area contributed by atoms with Crippen molar-refractivity contribution < 1.29 is 24.2 Å². The maximum atomic E-state index is 11.9. The molecule has 26 heavy (non-hydrogen) atoms. The van der Waals surface area contributed by atoms with E-state index in [4.69, 9.17) is 9.47 Å². The molecule has 0 aromatic heterocycles. The highest BCUT2D eigenvalue weighted by Gasteiger charge is 2.22. The monoisotopic (exact) mass is 365 g/mol. The molecule has 1 saturated heterocycles. The molecule has 1 aliphatic heterocycles. The zero-order chi connectivity index (χ0) is 18.9. The molecule has 8 nitrogen and oxygen atoms in total. The van der Waals surface area contributed by atoms with Crippen molar-refractivity contribution in [2.75, 3.05) is 33.4 Å². The number of piperidine rings is 1. The number of hydrogen-bond acceptors (Lipinski definition) is 5. The SMILES string of the molecule is COc1ccc(OC[C@@H](O)CNC(=O)NC2CCN(C(C)=O)CC2)cc1. The molecule has 0 bridgehead atoms. The van der Waals surface area contributed by atoms with Crippen molar-refractivity contribution in [3.8, 4) is 11.5 Å². The predicted molar refractivity (Wildman–Crippen MR) is 96.3 cm³/mol. The highest BCUT2D eigenvalue weighted by molar-refractivity contribution is 5.75. The molecule has 8 heteroatoms. The van der Waals surface area contributed by atoms with Gasteiger partial charge in [0.05, 0.1) is 7.11 Å². The molecule has 0 radical (unpaired) electrons. The Kier molecular flexibility index (Phi) is 7.53. The predicted octanol–water partition coefficient (Wildman–Crippen LogP) is 0.745. The number of aliphatic hydroxyl groups is 1. The summed E-state index contributed by atoms with van der Waals surface area (Å²) < 4.78 is 10.5. The Morgan fingerprint density at radius 3 is 2.42 bits per heavy atom. The van der Waals surface area contributed by atoms with Crippen molar-refractivity contribution in [1.29, 1.82) is 0 Å². The molecule has 0 spiro atoms. The first-order valence-electron chi connectivity index (χ1n) is 8.72. The molecule has 3 amide bonds. The number of methoxy groups -OCH3 is 1. The molecule has 2 rings (SSSR count). The van der Waals surface area contributed by atoms with E-state index in [0.717, 1.165) is 18.6 Å². The summed E-state index contributed by atoms with van der Waals surface area (Å²) in [6, 6.07) is 6.75. The van der Waals surface area contributed by atoms with Crippen molar-refractivity contribution >= 4 is 11.9 Å². The molecular weight excluding hydrogens is 338 g/mol. The third-order valence-corrected chi connectivity index (χ3v) is 4.28. The second-order valence-corrected chi connectivity index (χ2v) is 6.28. The number of carbonyl (C=O) groups is 2. The largest absolute Gasteiger partial charge is 0.497 e. The lowest BCUT2D eigenvalue weighted by molar-refractivity contribution is -0.129. The number of amides is 3. The molecule has 3 N–H and O–H groups in total. The summed E-state index contributed by atoms with van der Waals surface area (Å²) in [5, 5.41) is 15.4. The van der Waals surface area contributed by atoms with E-state index in [1.54, 1.807) is 43.2 Å². The van der Waals surface area contributed by atoms with Gasteiger partial charge in [-0.25, -0.2) is 4.79 Å². The summed E-state index contributed by atoms with van der Waals surface area (Å²) in [5.41, 5.74) is 0. The van der Waals surface area contributed by atoms with Crippen molar-refractivity contribution in [2.24, 2.45) is 0 Å². The van der Waals surface area contributed by atoms with E-state index in [0.29, 0.717) is 18.8 Å². The maximum absolute atomic E-state index is 11.9. The van der Waals surface area contributed by atoms with E-state index in [2.05, 4.69) is 10.6 Å². The number of urea groups is 1. The maximum Gasteiger partial charge on any atom is 0.315 e. The first kappa shape index (κ1) is 19.8. The summed E-state index contributed by atoms with van der Waals surface area (Å²) in [5.74, 6) is 1.41. The van der Waals surface area contributed by atoms with Crippen LogP contribution in [0.3, 0.4) is 0 Å². The lowest BCUT2D eigenvalue weighted by Crippen LogP contribution is -2.50. The number of hydrogen-bond donors (Lipinski definition) is 3. The second-order valence-electron chi connectivity index (χ2n) is 6.28. The van der Waals surface area contributed by atoms with Crippen LogP contribution < -0.4 is 20.1 Å². The molecule has 1 aliphatic rings. The molecule has 1 aromatic carbocycles. The molecule has 0 saturated carbocycles. The van der Waals surface area contributed by atoms with Crippen LogP contribution in [-0.2, 0) is 4.79 Å². The Labute approximate surface area is 153 Å². The number of ether oxygens (including phenoxy) is 2. The van der Waals surface area contributed by atoms with Gasteiger partial charge in [-0.05, 0) is 37.1 Å². The second kappa shape index (κ2) is 9.86. The third kappa shape index (κ3) is 6.44. The summed E-state index contributed by atoms with van der Waals surface area (Å²) >= 11 is 0. The Bertz CT molecular complexity index is 585. The number of nitrogens with zero attached hydrogens (tertiary/aromatic N) is 1. The molecule has 1 atom stereocenters. The van der Waals surface area contributed by atoms with Gasteiger partial charge in [0.15, 0.2) is 0 Å². The fourth-order valence-corrected chi connectivity index (χ4v) is 2.71. The van der Waals surface area contributed by atoms with Gasteiger partial charge < -0.3 is 30.1 Å². The van der Waals surface area contributed by atoms with Gasteiger partial charge in [-0.3, -0.25) is 4.79 Å². The smallest absolute Gasteiger partial charge is 0.315 e. The highest BCUT2D eigenvalue weighted by Crippen LogP contribution is 2.17. The van der Waals surface area contributed by atoms with Crippen molar-refractivity contribution in [2.45, 2.75) is 31.9 Å². The summed E-state index contributed by atoms with van der Waals surface area (Å²) in [7, 11) is 1.59. The summed E-state index contributed by atoms with van der Waals surface area (Å²) in [4.78, 5) is 25.0. The van der Waals surface area contributed by atoms with Crippen LogP contribution in [0, 0.1) is 0 Å². The van der Waals surface area contributed by atoms with E-state index in [1.165, 1.54) is 0 Å². The van der Waals surface area contributed by atoms with Gasteiger partial charge in [-0.15, -0.1) is 0 Å². The van der Waals surface area contributed by atoms with Crippen LogP contribution in [0.25, 0.3) is 0 Å². The van der Waals surface area contributed by atoms with Crippen molar-refractivity contribution in [3.63, 3.8) is 0 Å². The minimum Gasteiger partial charge on any atom is -0.497 e. The fourth-order valence-electron chi connectivity index (χ4n) is 2.71. The number of aliphatic hydroxyl groups excluding tert-OH is 1. The molecule has 1 heterocycles. The minimum atomic E-state index is -0.817. The van der Waals surface area contributed by atoms with Crippen molar-refractivity contribution in [1.82, 2.24) is 15.5 Å². The van der Waals surface area contributed by atoms with E-state index < -0.39 is 6.10 Å². The van der Waals surface area contributed by atoms with E-state index in [9.17, 15) is 14.7 Å². The van der Waals surface area contributed by atoms with E-state index >= 15 is 0 Å². The molecule has 0 unspecified atom stereocenters. The van der Waals surface area contributed by atoms with Crippen LogP contribution in [0.4, 0.5) is 4.79 Å². The molecular formula is C18H27N3O5.